The summed E-state index contributed by atoms with van der Waals surface area (Å²) < 4.78 is 5.19. The van der Waals surface area contributed by atoms with Gasteiger partial charge in [0.1, 0.15) is 0 Å². The van der Waals surface area contributed by atoms with Gasteiger partial charge >= 0.3 is 0 Å². The molecule has 0 aromatic carbocycles. The maximum Gasteiger partial charge on any atom is 0.0820 e. The van der Waals surface area contributed by atoms with Crippen LogP contribution in [0.2, 0.25) is 0 Å². The zero-order chi connectivity index (χ0) is 9.03. The summed E-state index contributed by atoms with van der Waals surface area (Å²) in [5.74, 6) is 0. The Bertz CT molecular complexity index is 132. The van der Waals surface area contributed by atoms with Crippen LogP contribution in [0.4, 0.5) is 0 Å². The van der Waals surface area contributed by atoms with Crippen LogP contribution in [0.1, 0.15) is 32.6 Å². The summed E-state index contributed by atoms with van der Waals surface area (Å²) in [5.41, 5.74) is 5.18. The molecule has 0 aromatic rings. The largest absolute Gasteiger partial charge is 0.388 e. The third kappa shape index (κ3) is 2.19. The molecule has 1 atom stereocenters. The second-order valence-electron chi connectivity index (χ2n) is 3.58. The maximum atomic E-state index is 9.98. The second-order valence-corrected chi connectivity index (χ2v) is 3.58. The van der Waals surface area contributed by atoms with Crippen molar-refractivity contribution in [1.82, 2.24) is 0 Å². The molecule has 0 aliphatic heterocycles. The number of rotatable bonds is 4. The summed E-state index contributed by atoms with van der Waals surface area (Å²) in [6.07, 6.45) is 3.86. The third-order valence-corrected chi connectivity index (χ3v) is 2.66. The van der Waals surface area contributed by atoms with Crippen molar-refractivity contribution >= 4 is 0 Å². The molecule has 0 heterocycles. The molecule has 1 aliphatic carbocycles. The molecule has 0 bridgehead atoms. The van der Waals surface area contributed by atoms with Gasteiger partial charge in [-0.25, -0.2) is 0 Å². The Morgan fingerprint density at radius 1 is 1.50 bits per heavy atom. The monoisotopic (exact) mass is 173 g/mol. The zero-order valence-corrected chi connectivity index (χ0v) is 7.75. The van der Waals surface area contributed by atoms with E-state index in [1.54, 1.807) is 0 Å². The Morgan fingerprint density at radius 3 is 2.58 bits per heavy atom. The first-order valence-electron chi connectivity index (χ1n) is 4.75. The molecule has 1 aliphatic rings. The van der Waals surface area contributed by atoms with E-state index >= 15 is 0 Å². The topological polar surface area (TPSA) is 55.5 Å². The molecule has 3 heteroatoms. The van der Waals surface area contributed by atoms with Gasteiger partial charge in [0, 0.05) is 6.61 Å². The predicted octanol–water partition coefficient (Wildman–Crippen LogP) is 0.655. The molecule has 0 radical (unpaired) electrons. The summed E-state index contributed by atoms with van der Waals surface area (Å²) in [4.78, 5) is 0. The van der Waals surface area contributed by atoms with Gasteiger partial charge in [-0.1, -0.05) is 12.8 Å². The van der Waals surface area contributed by atoms with Crippen molar-refractivity contribution in [3.8, 4) is 0 Å². The Kier molecular flexibility index (Phi) is 3.50. The van der Waals surface area contributed by atoms with Crippen molar-refractivity contribution in [2.24, 2.45) is 5.73 Å². The molecule has 0 unspecified atom stereocenters. The van der Waals surface area contributed by atoms with Crippen molar-refractivity contribution in [2.45, 2.75) is 44.2 Å². The van der Waals surface area contributed by atoms with E-state index in [0.717, 1.165) is 25.7 Å². The fourth-order valence-corrected chi connectivity index (χ4v) is 1.76. The van der Waals surface area contributed by atoms with Gasteiger partial charge in [0.15, 0.2) is 0 Å². The molecule has 1 fully saturated rings. The Hall–Kier alpha value is -0.120. The highest BCUT2D eigenvalue weighted by Crippen LogP contribution is 2.31. The van der Waals surface area contributed by atoms with Crippen LogP contribution in [-0.2, 0) is 4.74 Å². The first-order valence-corrected chi connectivity index (χ1v) is 4.75. The second kappa shape index (κ2) is 4.21. The summed E-state index contributed by atoms with van der Waals surface area (Å²) >= 11 is 0. The minimum atomic E-state index is -0.644. The number of hydrogen-bond acceptors (Lipinski definition) is 3. The van der Waals surface area contributed by atoms with Crippen LogP contribution in [0.25, 0.3) is 0 Å². The molecule has 1 saturated carbocycles. The minimum absolute atomic E-state index is 0.208. The first kappa shape index (κ1) is 9.96. The highest BCUT2D eigenvalue weighted by Gasteiger charge is 2.37. The minimum Gasteiger partial charge on any atom is -0.388 e. The molecule has 1 rings (SSSR count). The smallest absolute Gasteiger partial charge is 0.0820 e. The molecule has 3 N–H and O–H groups in total. The molecule has 0 spiro atoms. The van der Waals surface area contributed by atoms with Crippen LogP contribution in [0.5, 0.6) is 0 Å². The van der Waals surface area contributed by atoms with Crippen LogP contribution < -0.4 is 5.73 Å². The molecule has 72 valence electrons. The highest BCUT2D eigenvalue weighted by atomic mass is 16.5. The van der Waals surface area contributed by atoms with Crippen molar-refractivity contribution in [3.05, 3.63) is 0 Å². The number of aliphatic hydroxyl groups is 1. The Labute approximate surface area is 73.9 Å². The third-order valence-electron chi connectivity index (χ3n) is 2.66. The predicted molar refractivity (Wildman–Crippen MR) is 47.9 cm³/mol. The van der Waals surface area contributed by atoms with Gasteiger partial charge in [-0.2, -0.15) is 0 Å². The van der Waals surface area contributed by atoms with Crippen LogP contribution in [-0.4, -0.2) is 30.0 Å². The van der Waals surface area contributed by atoms with Gasteiger partial charge in [-0.3, -0.25) is 0 Å². The van der Waals surface area contributed by atoms with Gasteiger partial charge in [-0.15, -0.1) is 0 Å². The number of ether oxygens (including phenoxy) is 1. The van der Waals surface area contributed by atoms with Crippen molar-refractivity contribution in [3.63, 3.8) is 0 Å². The standard InChI is InChI=1S/C9H19NO2/c1-2-12-7-8(10)9(11)5-3-4-6-9/h8,11H,2-7,10H2,1H3/t8-/m1/s1. The summed E-state index contributed by atoms with van der Waals surface area (Å²) in [6.45, 7) is 3.09. The average molecular weight is 173 g/mol. The zero-order valence-electron chi connectivity index (χ0n) is 7.75. The van der Waals surface area contributed by atoms with Gasteiger partial charge in [0.2, 0.25) is 0 Å². The lowest BCUT2D eigenvalue weighted by Gasteiger charge is -2.29. The SMILES string of the molecule is CCOC[C@@H](N)C1(O)CCCC1. The summed E-state index contributed by atoms with van der Waals surface area (Å²) in [5, 5.41) is 9.98. The van der Waals surface area contributed by atoms with Crippen molar-refractivity contribution in [2.75, 3.05) is 13.2 Å². The summed E-state index contributed by atoms with van der Waals surface area (Å²) in [6, 6.07) is -0.208. The van der Waals surface area contributed by atoms with Crippen molar-refractivity contribution < 1.29 is 9.84 Å². The molecule has 0 amide bonds. The van der Waals surface area contributed by atoms with Crippen LogP contribution in [0, 0.1) is 0 Å². The van der Waals surface area contributed by atoms with E-state index in [1.807, 2.05) is 6.92 Å². The van der Waals surface area contributed by atoms with Crippen molar-refractivity contribution in [1.29, 1.82) is 0 Å². The molecule has 12 heavy (non-hydrogen) atoms. The van der Waals surface area contributed by atoms with E-state index < -0.39 is 5.60 Å². The van der Waals surface area contributed by atoms with Crippen LogP contribution in [0.3, 0.4) is 0 Å². The lowest BCUT2D eigenvalue weighted by Crippen LogP contribution is -2.48. The van der Waals surface area contributed by atoms with Gasteiger partial charge in [0.05, 0.1) is 18.2 Å². The Morgan fingerprint density at radius 2 is 2.08 bits per heavy atom. The quantitative estimate of drug-likeness (QED) is 0.656. The van der Waals surface area contributed by atoms with E-state index in [-0.39, 0.29) is 6.04 Å². The lowest BCUT2D eigenvalue weighted by atomic mass is 9.94. The number of nitrogens with two attached hydrogens (primary N) is 1. The van der Waals surface area contributed by atoms with Crippen LogP contribution in [0.15, 0.2) is 0 Å². The van der Waals surface area contributed by atoms with Crippen LogP contribution >= 0.6 is 0 Å². The fraction of sp³-hybridized carbons (Fsp3) is 1.00. The fourth-order valence-electron chi connectivity index (χ4n) is 1.76. The maximum absolute atomic E-state index is 9.98. The highest BCUT2D eigenvalue weighted by molar-refractivity contribution is 4.93. The molecular formula is C9H19NO2. The van der Waals surface area contributed by atoms with Gasteiger partial charge in [0.25, 0.3) is 0 Å². The normalized spacial score (nSPS) is 24.2. The van der Waals surface area contributed by atoms with E-state index in [0.29, 0.717) is 13.2 Å². The lowest BCUT2D eigenvalue weighted by molar-refractivity contribution is -0.0123. The summed E-state index contributed by atoms with van der Waals surface area (Å²) in [7, 11) is 0. The Balaban J connectivity index is 2.33. The van der Waals surface area contributed by atoms with Gasteiger partial charge in [-0.05, 0) is 19.8 Å². The molecule has 3 nitrogen and oxygen atoms in total. The van der Waals surface area contributed by atoms with E-state index in [1.165, 1.54) is 0 Å². The molecule has 0 aromatic heterocycles. The average Bonchev–Trinajstić information content (AvgIpc) is 2.49. The van der Waals surface area contributed by atoms with Gasteiger partial charge < -0.3 is 15.6 Å². The van der Waals surface area contributed by atoms with E-state index in [4.69, 9.17) is 10.5 Å². The molecular weight excluding hydrogens is 154 g/mol. The van der Waals surface area contributed by atoms with E-state index in [9.17, 15) is 5.11 Å². The first-order chi connectivity index (χ1) is 5.69. The molecule has 0 saturated heterocycles. The number of hydrogen-bond donors (Lipinski definition) is 2. The van der Waals surface area contributed by atoms with E-state index in [2.05, 4.69) is 0 Å².